The lowest BCUT2D eigenvalue weighted by molar-refractivity contribution is -0.207. The first kappa shape index (κ1) is 23.7. The van der Waals surface area contributed by atoms with E-state index in [1.807, 2.05) is 18.2 Å². The number of ether oxygens (including phenoxy) is 2. The van der Waals surface area contributed by atoms with Gasteiger partial charge < -0.3 is 14.6 Å². The molecule has 3 aromatic carbocycles. The molecule has 0 bridgehead atoms. The van der Waals surface area contributed by atoms with Gasteiger partial charge in [0.25, 0.3) is 0 Å². The third-order valence-electron chi connectivity index (χ3n) is 5.10. The van der Waals surface area contributed by atoms with Crippen molar-refractivity contribution in [1.29, 1.82) is 5.26 Å². The molecule has 0 heterocycles. The standard InChI is InChI=1S/C26H23F2NO4/c1-17(2)26(27,28)33-21-13-11-18(12-14-21)24(25(30)31)23(16-29)19-7-6-10-22(15-19)32-20-8-4-3-5-9-20/h3-15,17,23-24H,1-2H3,(H,30,31). The lowest BCUT2D eigenvalue weighted by Crippen LogP contribution is -2.31. The summed E-state index contributed by atoms with van der Waals surface area (Å²) in [6.07, 6.45) is -3.36. The zero-order valence-corrected chi connectivity index (χ0v) is 18.1. The van der Waals surface area contributed by atoms with Crippen LogP contribution in [0.1, 0.15) is 36.8 Å². The summed E-state index contributed by atoms with van der Waals surface area (Å²) in [5, 5.41) is 19.7. The molecule has 2 atom stereocenters. The number of hydrogen-bond donors (Lipinski definition) is 1. The summed E-state index contributed by atoms with van der Waals surface area (Å²) < 4.78 is 38.2. The predicted octanol–water partition coefficient (Wildman–Crippen LogP) is 6.58. The quantitative estimate of drug-likeness (QED) is 0.397. The number of carboxylic acids is 1. The molecular weight excluding hydrogens is 428 g/mol. The van der Waals surface area contributed by atoms with Crippen LogP contribution >= 0.6 is 0 Å². The van der Waals surface area contributed by atoms with E-state index in [0.29, 0.717) is 22.6 Å². The Hall–Kier alpha value is -3.92. The highest BCUT2D eigenvalue weighted by atomic mass is 19.3. The van der Waals surface area contributed by atoms with E-state index in [1.54, 1.807) is 36.4 Å². The molecule has 0 fully saturated rings. The van der Waals surface area contributed by atoms with E-state index in [1.165, 1.54) is 38.1 Å². The van der Waals surface area contributed by atoms with Gasteiger partial charge in [0.15, 0.2) is 0 Å². The summed E-state index contributed by atoms with van der Waals surface area (Å²) in [6, 6.07) is 23.1. The molecule has 0 spiro atoms. The van der Waals surface area contributed by atoms with Crippen LogP contribution in [0.2, 0.25) is 0 Å². The average molecular weight is 451 g/mol. The van der Waals surface area contributed by atoms with Crippen molar-refractivity contribution in [2.45, 2.75) is 31.8 Å². The molecule has 0 saturated heterocycles. The molecule has 0 aliphatic heterocycles. The number of nitriles is 1. The largest absolute Gasteiger partial charge is 0.481 e. The Morgan fingerprint density at radius 2 is 1.55 bits per heavy atom. The van der Waals surface area contributed by atoms with Crippen LogP contribution in [-0.4, -0.2) is 17.2 Å². The topological polar surface area (TPSA) is 79.5 Å². The highest BCUT2D eigenvalue weighted by Crippen LogP contribution is 2.36. The third kappa shape index (κ3) is 5.86. The first-order valence-electron chi connectivity index (χ1n) is 10.3. The van der Waals surface area contributed by atoms with Crippen molar-refractivity contribution in [1.82, 2.24) is 0 Å². The second-order valence-corrected chi connectivity index (χ2v) is 7.80. The molecule has 2 unspecified atom stereocenters. The van der Waals surface area contributed by atoms with E-state index >= 15 is 0 Å². The minimum absolute atomic E-state index is 0.0895. The minimum atomic E-state index is -3.36. The lowest BCUT2D eigenvalue weighted by Gasteiger charge is -2.22. The smallest absolute Gasteiger partial charge is 0.400 e. The number of halogens is 2. The van der Waals surface area contributed by atoms with Crippen molar-refractivity contribution in [3.63, 3.8) is 0 Å². The number of rotatable bonds is 9. The molecule has 5 nitrogen and oxygen atoms in total. The number of nitrogens with zero attached hydrogens (tertiary/aromatic N) is 1. The molecule has 170 valence electrons. The van der Waals surface area contributed by atoms with Gasteiger partial charge in [-0.15, -0.1) is 0 Å². The molecule has 33 heavy (non-hydrogen) atoms. The van der Waals surface area contributed by atoms with E-state index in [0.717, 1.165) is 0 Å². The first-order valence-corrected chi connectivity index (χ1v) is 10.3. The van der Waals surface area contributed by atoms with Crippen molar-refractivity contribution < 1.29 is 28.2 Å². The summed E-state index contributed by atoms with van der Waals surface area (Å²) in [5.41, 5.74) is 0.758. The van der Waals surface area contributed by atoms with Gasteiger partial charge in [0.1, 0.15) is 23.2 Å². The SMILES string of the molecule is CC(C)C(F)(F)Oc1ccc(C(C(=O)O)C(C#N)c2cccc(Oc3ccccc3)c2)cc1. The Bertz CT molecular complexity index is 1130. The number of alkyl halides is 2. The van der Waals surface area contributed by atoms with Crippen LogP contribution in [0.5, 0.6) is 17.2 Å². The van der Waals surface area contributed by atoms with Gasteiger partial charge in [-0.1, -0.05) is 56.3 Å². The normalized spacial score (nSPS) is 13.1. The van der Waals surface area contributed by atoms with E-state index in [2.05, 4.69) is 6.07 Å². The van der Waals surface area contributed by atoms with Gasteiger partial charge in [0.2, 0.25) is 0 Å². The summed E-state index contributed by atoms with van der Waals surface area (Å²) in [4.78, 5) is 12.1. The van der Waals surface area contributed by atoms with Gasteiger partial charge in [0.05, 0.1) is 17.9 Å². The highest BCUT2D eigenvalue weighted by Gasteiger charge is 2.36. The predicted molar refractivity (Wildman–Crippen MR) is 119 cm³/mol. The van der Waals surface area contributed by atoms with Gasteiger partial charge >= 0.3 is 12.1 Å². The molecule has 1 N–H and O–H groups in total. The summed E-state index contributed by atoms with van der Waals surface area (Å²) in [7, 11) is 0. The molecule has 0 radical (unpaired) electrons. The summed E-state index contributed by atoms with van der Waals surface area (Å²) in [5.74, 6) is -3.52. The summed E-state index contributed by atoms with van der Waals surface area (Å²) >= 11 is 0. The van der Waals surface area contributed by atoms with Crippen molar-refractivity contribution in [3.8, 4) is 23.3 Å². The lowest BCUT2D eigenvalue weighted by atomic mass is 9.82. The Kier molecular flexibility index (Phi) is 7.29. The third-order valence-corrected chi connectivity index (χ3v) is 5.10. The number of aliphatic carboxylic acids is 1. The maximum absolute atomic E-state index is 13.8. The van der Waals surface area contributed by atoms with E-state index < -0.39 is 29.8 Å². The number of carboxylic acid groups (broad SMARTS) is 1. The van der Waals surface area contributed by atoms with Crippen molar-refractivity contribution in [3.05, 3.63) is 90.0 Å². The van der Waals surface area contributed by atoms with Gasteiger partial charge in [-0.2, -0.15) is 14.0 Å². The number of benzene rings is 3. The first-order chi connectivity index (χ1) is 15.7. The molecule has 0 aliphatic carbocycles. The van der Waals surface area contributed by atoms with Gasteiger partial charge in [-0.05, 0) is 47.5 Å². The molecule has 3 aromatic rings. The van der Waals surface area contributed by atoms with Crippen molar-refractivity contribution in [2.24, 2.45) is 5.92 Å². The maximum atomic E-state index is 13.8. The van der Waals surface area contributed by atoms with Crippen LogP contribution in [0.25, 0.3) is 0 Å². The Morgan fingerprint density at radius 1 is 0.909 bits per heavy atom. The monoisotopic (exact) mass is 451 g/mol. The highest BCUT2D eigenvalue weighted by molar-refractivity contribution is 5.78. The van der Waals surface area contributed by atoms with Crippen molar-refractivity contribution in [2.75, 3.05) is 0 Å². The van der Waals surface area contributed by atoms with Gasteiger partial charge in [0, 0.05) is 0 Å². The van der Waals surface area contributed by atoms with E-state index in [-0.39, 0.29) is 5.75 Å². The van der Waals surface area contributed by atoms with Crippen LogP contribution in [0.4, 0.5) is 8.78 Å². The van der Waals surface area contributed by atoms with E-state index in [4.69, 9.17) is 9.47 Å². The molecular formula is C26H23F2NO4. The molecule has 0 aromatic heterocycles. The zero-order valence-electron chi connectivity index (χ0n) is 18.1. The molecule has 0 aliphatic rings. The Morgan fingerprint density at radius 3 is 2.12 bits per heavy atom. The molecule has 3 rings (SSSR count). The fraction of sp³-hybridized carbons (Fsp3) is 0.231. The number of hydrogen-bond acceptors (Lipinski definition) is 4. The van der Waals surface area contributed by atoms with Gasteiger partial charge in [-0.25, -0.2) is 0 Å². The summed E-state index contributed by atoms with van der Waals surface area (Å²) in [6.45, 7) is 2.67. The zero-order chi connectivity index (χ0) is 24.0. The van der Waals surface area contributed by atoms with Crippen LogP contribution in [0, 0.1) is 17.2 Å². The van der Waals surface area contributed by atoms with Crippen LogP contribution in [0.3, 0.4) is 0 Å². The molecule has 7 heteroatoms. The molecule has 0 saturated carbocycles. The minimum Gasteiger partial charge on any atom is -0.481 e. The average Bonchev–Trinajstić information content (AvgIpc) is 2.78. The number of para-hydroxylation sites is 1. The maximum Gasteiger partial charge on any atom is 0.400 e. The second kappa shape index (κ2) is 10.1. The van der Waals surface area contributed by atoms with Crippen LogP contribution in [0.15, 0.2) is 78.9 Å². The van der Waals surface area contributed by atoms with Crippen LogP contribution in [-0.2, 0) is 4.79 Å². The molecule has 0 amide bonds. The van der Waals surface area contributed by atoms with E-state index in [9.17, 15) is 23.9 Å². The Labute approximate surface area is 190 Å². The fourth-order valence-electron chi connectivity index (χ4n) is 3.23. The fourth-order valence-corrected chi connectivity index (χ4v) is 3.23. The van der Waals surface area contributed by atoms with Gasteiger partial charge in [-0.3, -0.25) is 4.79 Å². The van der Waals surface area contributed by atoms with Crippen LogP contribution < -0.4 is 9.47 Å². The Balaban J connectivity index is 1.87. The second-order valence-electron chi connectivity index (χ2n) is 7.80. The number of carbonyl (C=O) groups is 1. The van der Waals surface area contributed by atoms with Crippen molar-refractivity contribution >= 4 is 5.97 Å².